The fraction of sp³-hybridized carbons (Fsp3) is 0.143. The third-order valence-electron chi connectivity index (χ3n) is 4.87. The average molecular weight is 508 g/mol. The van der Waals surface area contributed by atoms with E-state index in [1.807, 2.05) is 0 Å². The number of rotatable bonds is 7. The van der Waals surface area contributed by atoms with E-state index in [4.69, 9.17) is 10.5 Å². The van der Waals surface area contributed by atoms with Crippen molar-refractivity contribution in [2.24, 2.45) is 14.1 Å². The quantitative estimate of drug-likeness (QED) is 0.350. The van der Waals surface area contributed by atoms with Gasteiger partial charge < -0.3 is 10.5 Å². The van der Waals surface area contributed by atoms with Crippen LogP contribution in [-0.4, -0.2) is 35.9 Å². The number of hydrogen-bond donors (Lipinski definition) is 2. The zero-order valence-corrected chi connectivity index (χ0v) is 19.1. The minimum absolute atomic E-state index is 0.105. The van der Waals surface area contributed by atoms with E-state index in [0.29, 0.717) is 16.7 Å². The molecule has 0 bridgehead atoms. The summed E-state index contributed by atoms with van der Waals surface area (Å²) in [4.78, 5) is 48.4. The molecule has 3 rings (SSSR count). The summed E-state index contributed by atoms with van der Waals surface area (Å²) in [5.41, 5.74) is 3.19. The minimum atomic E-state index is -4.32. The van der Waals surface area contributed by atoms with Crippen molar-refractivity contribution in [1.82, 2.24) is 9.13 Å². The van der Waals surface area contributed by atoms with Gasteiger partial charge in [-0.1, -0.05) is 6.07 Å². The van der Waals surface area contributed by atoms with Crippen molar-refractivity contribution in [3.05, 3.63) is 86.1 Å². The molecule has 35 heavy (non-hydrogen) atoms. The molecular weight excluding hydrogens is 490 g/mol. The first-order valence-electron chi connectivity index (χ1n) is 9.67. The van der Waals surface area contributed by atoms with Crippen LogP contribution in [0.15, 0.2) is 56.9 Å². The Balaban J connectivity index is 1.77. The summed E-state index contributed by atoms with van der Waals surface area (Å²) in [6, 6.07) is 6.96. The molecule has 0 amide bonds. The van der Waals surface area contributed by atoms with E-state index in [1.165, 1.54) is 25.2 Å². The van der Waals surface area contributed by atoms with Gasteiger partial charge in [-0.15, -0.1) is 0 Å². The van der Waals surface area contributed by atoms with Crippen molar-refractivity contribution in [3.8, 4) is 0 Å². The zero-order valence-electron chi connectivity index (χ0n) is 18.2. The fourth-order valence-electron chi connectivity index (χ4n) is 2.98. The van der Waals surface area contributed by atoms with Crippen molar-refractivity contribution in [2.75, 3.05) is 17.1 Å². The number of nitrogens with two attached hydrogens (primary N) is 1. The van der Waals surface area contributed by atoms with Crippen molar-refractivity contribution in [3.63, 3.8) is 0 Å². The highest BCUT2D eigenvalue weighted by Crippen LogP contribution is 2.19. The Morgan fingerprint density at radius 2 is 1.71 bits per heavy atom. The van der Waals surface area contributed by atoms with Gasteiger partial charge in [-0.3, -0.25) is 23.4 Å². The van der Waals surface area contributed by atoms with Crippen molar-refractivity contribution < 1.29 is 31.5 Å². The van der Waals surface area contributed by atoms with Gasteiger partial charge >= 0.3 is 11.7 Å². The molecule has 0 saturated carbocycles. The number of sulfonamides is 1. The number of ketones is 1. The van der Waals surface area contributed by atoms with E-state index in [0.717, 1.165) is 23.7 Å². The van der Waals surface area contributed by atoms with Crippen LogP contribution in [0.1, 0.15) is 20.7 Å². The summed E-state index contributed by atoms with van der Waals surface area (Å²) in [6.07, 6.45) is 0. The van der Waals surface area contributed by atoms with Gasteiger partial charge in [0, 0.05) is 19.8 Å². The largest absolute Gasteiger partial charge is 0.454 e. The molecule has 0 fully saturated rings. The topological polar surface area (TPSA) is 160 Å². The molecule has 184 valence electrons. The normalized spacial score (nSPS) is 11.2. The lowest BCUT2D eigenvalue weighted by atomic mass is 10.2. The Kier molecular flexibility index (Phi) is 6.87. The molecule has 0 aliphatic carbocycles. The van der Waals surface area contributed by atoms with E-state index < -0.39 is 67.5 Å². The van der Waals surface area contributed by atoms with Crippen molar-refractivity contribution in [1.29, 1.82) is 0 Å². The van der Waals surface area contributed by atoms with Gasteiger partial charge in [0.15, 0.2) is 18.2 Å². The van der Waals surface area contributed by atoms with E-state index >= 15 is 0 Å². The number of nitrogen functional groups attached to an aromatic ring is 1. The number of nitrogens with zero attached hydrogens (tertiary/aromatic N) is 2. The molecule has 0 radical (unpaired) electrons. The smallest absolute Gasteiger partial charge is 0.338 e. The highest BCUT2D eigenvalue weighted by Gasteiger charge is 2.22. The highest BCUT2D eigenvalue weighted by atomic mass is 32.2. The Labute approximate surface area is 196 Å². The van der Waals surface area contributed by atoms with Crippen LogP contribution in [0.25, 0.3) is 0 Å². The number of carbonyl (C=O) groups excluding carboxylic acids is 2. The fourth-order valence-corrected chi connectivity index (χ4v) is 4.04. The Morgan fingerprint density at radius 1 is 1.03 bits per heavy atom. The average Bonchev–Trinajstić information content (AvgIpc) is 2.81. The molecule has 0 spiro atoms. The van der Waals surface area contributed by atoms with Crippen molar-refractivity contribution in [2.45, 2.75) is 4.90 Å². The van der Waals surface area contributed by atoms with Crippen LogP contribution in [-0.2, 0) is 28.9 Å². The van der Waals surface area contributed by atoms with Crippen LogP contribution in [0.5, 0.6) is 0 Å². The SMILES string of the molecule is Cn1c(N)c(C(=O)COC(=O)c2cccc(NS(=O)(=O)c3ccc(F)c(F)c3)c2)c(=O)n(C)c1=O. The monoisotopic (exact) mass is 508 g/mol. The van der Waals surface area contributed by atoms with Crippen LogP contribution < -0.4 is 21.7 Å². The molecule has 0 aliphatic heterocycles. The van der Waals surface area contributed by atoms with Crippen LogP contribution in [0.3, 0.4) is 0 Å². The Bertz CT molecular complexity index is 1580. The second-order valence-corrected chi connectivity index (χ2v) is 8.91. The van der Waals surface area contributed by atoms with Crippen LogP contribution in [0.4, 0.5) is 20.3 Å². The molecule has 11 nitrogen and oxygen atoms in total. The van der Waals surface area contributed by atoms with Gasteiger partial charge in [0.05, 0.1) is 10.5 Å². The second-order valence-electron chi connectivity index (χ2n) is 7.23. The van der Waals surface area contributed by atoms with Gasteiger partial charge in [0.1, 0.15) is 11.4 Å². The molecule has 3 aromatic rings. The number of esters is 1. The molecule has 14 heteroatoms. The third kappa shape index (κ3) is 5.11. The molecule has 0 unspecified atom stereocenters. The lowest BCUT2D eigenvalue weighted by Gasteiger charge is -2.11. The van der Waals surface area contributed by atoms with Gasteiger partial charge in [-0.05, 0) is 36.4 Å². The molecule has 2 aromatic carbocycles. The maximum Gasteiger partial charge on any atom is 0.338 e. The molecular formula is C21H18F2N4O7S. The van der Waals surface area contributed by atoms with Gasteiger partial charge in [-0.2, -0.15) is 0 Å². The number of ether oxygens (including phenoxy) is 1. The second kappa shape index (κ2) is 9.50. The maximum atomic E-state index is 13.4. The first-order chi connectivity index (χ1) is 16.3. The summed E-state index contributed by atoms with van der Waals surface area (Å²) in [6.45, 7) is -0.888. The lowest BCUT2D eigenvalue weighted by molar-refractivity contribution is 0.0474. The summed E-state index contributed by atoms with van der Waals surface area (Å²) in [5.74, 6) is -4.97. The number of hydrogen-bond acceptors (Lipinski definition) is 8. The minimum Gasteiger partial charge on any atom is -0.454 e. The van der Waals surface area contributed by atoms with E-state index in [-0.39, 0.29) is 11.3 Å². The molecule has 1 aromatic heterocycles. The zero-order chi connectivity index (χ0) is 26.1. The van der Waals surface area contributed by atoms with Gasteiger partial charge in [0.2, 0.25) is 5.78 Å². The number of halogens is 2. The first kappa shape index (κ1) is 25.3. The lowest BCUT2D eigenvalue weighted by Crippen LogP contribution is -2.42. The predicted molar refractivity (Wildman–Crippen MR) is 120 cm³/mol. The van der Waals surface area contributed by atoms with Crippen LogP contribution >= 0.6 is 0 Å². The summed E-state index contributed by atoms with van der Waals surface area (Å²) < 4.78 is 59.9. The number of nitrogens with one attached hydrogen (secondary N) is 1. The first-order valence-corrected chi connectivity index (χ1v) is 11.2. The highest BCUT2D eigenvalue weighted by molar-refractivity contribution is 7.92. The molecule has 0 aliphatic rings. The van der Waals surface area contributed by atoms with Gasteiger partial charge in [-0.25, -0.2) is 26.8 Å². The summed E-state index contributed by atoms with van der Waals surface area (Å²) in [5, 5.41) is 0. The summed E-state index contributed by atoms with van der Waals surface area (Å²) >= 11 is 0. The standard InChI is InChI=1S/C21H18F2N4O7S/c1-26-18(24)17(19(29)27(2)21(26)31)16(28)10-34-20(30)11-4-3-5-12(8-11)25-35(32,33)13-6-7-14(22)15(23)9-13/h3-9,25H,10,24H2,1-2H3. The Hall–Kier alpha value is -4.33. The van der Waals surface area contributed by atoms with Crippen molar-refractivity contribution >= 4 is 33.3 Å². The van der Waals surface area contributed by atoms with E-state index in [1.54, 1.807) is 0 Å². The number of benzene rings is 2. The maximum absolute atomic E-state index is 13.4. The number of carbonyl (C=O) groups is 2. The molecule has 0 saturated heterocycles. The third-order valence-corrected chi connectivity index (χ3v) is 6.25. The van der Waals surface area contributed by atoms with E-state index in [9.17, 15) is 36.4 Å². The number of Topliss-reactive ketones (excluding diaryl/α,β-unsaturated/α-hetero) is 1. The molecule has 3 N–H and O–H groups in total. The van der Waals surface area contributed by atoms with Crippen LogP contribution in [0.2, 0.25) is 0 Å². The summed E-state index contributed by atoms with van der Waals surface area (Å²) in [7, 11) is -1.91. The molecule has 1 heterocycles. The number of anilines is 2. The Morgan fingerprint density at radius 3 is 2.37 bits per heavy atom. The van der Waals surface area contributed by atoms with Gasteiger partial charge in [0.25, 0.3) is 15.6 Å². The molecule has 0 atom stereocenters. The van der Waals surface area contributed by atoms with E-state index in [2.05, 4.69) is 4.72 Å². The van der Waals surface area contributed by atoms with Crippen LogP contribution in [0, 0.1) is 11.6 Å². The number of aromatic nitrogens is 2. The predicted octanol–water partition coefficient (Wildman–Crippen LogP) is 0.785.